The number of aromatic nitrogens is 1. The Hall–Kier alpha value is -3.58. The minimum absolute atomic E-state index is 0.0938. The van der Waals surface area contributed by atoms with Crippen LogP contribution in [0.15, 0.2) is 60.4 Å². The number of urea groups is 1. The van der Waals surface area contributed by atoms with Crippen LogP contribution in [0.2, 0.25) is 5.02 Å². The molecule has 1 N–H and O–H groups in total. The van der Waals surface area contributed by atoms with Crippen LogP contribution in [0, 0.1) is 0 Å². The Balaban J connectivity index is 1.74. The van der Waals surface area contributed by atoms with Crippen LogP contribution in [-0.2, 0) is 16.1 Å². The molecule has 1 aliphatic heterocycles. The van der Waals surface area contributed by atoms with Gasteiger partial charge < -0.3 is 19.8 Å². The quantitative estimate of drug-likeness (QED) is 0.541. The van der Waals surface area contributed by atoms with Crippen molar-refractivity contribution in [3.63, 3.8) is 0 Å². The summed E-state index contributed by atoms with van der Waals surface area (Å²) in [7, 11) is 0. The fourth-order valence-corrected chi connectivity index (χ4v) is 3.30. The van der Waals surface area contributed by atoms with Crippen LogP contribution in [-0.4, -0.2) is 22.5 Å². The van der Waals surface area contributed by atoms with Gasteiger partial charge in [0.15, 0.2) is 0 Å². The molecule has 7 nitrogen and oxygen atoms in total. The number of aliphatic carboxylic acids is 1. The van der Waals surface area contributed by atoms with Crippen molar-refractivity contribution in [1.82, 2.24) is 9.88 Å². The van der Waals surface area contributed by atoms with Crippen molar-refractivity contribution in [3.05, 3.63) is 71.0 Å². The van der Waals surface area contributed by atoms with Gasteiger partial charge >= 0.3 is 6.03 Å². The van der Waals surface area contributed by atoms with Crippen LogP contribution in [0.5, 0.6) is 0 Å². The van der Waals surface area contributed by atoms with Crippen LogP contribution in [0.1, 0.15) is 5.56 Å². The summed E-state index contributed by atoms with van der Waals surface area (Å²) in [5.74, 6) is -1.73. The van der Waals surface area contributed by atoms with Crippen LogP contribution in [0.4, 0.5) is 10.5 Å². The first-order valence-electron chi connectivity index (χ1n) is 8.34. The van der Waals surface area contributed by atoms with Gasteiger partial charge in [-0.3, -0.25) is 4.79 Å². The summed E-state index contributed by atoms with van der Waals surface area (Å²) in [6, 6.07) is 12.9. The van der Waals surface area contributed by atoms with Gasteiger partial charge in [-0.25, -0.2) is 9.69 Å². The highest BCUT2D eigenvalue weighted by Gasteiger charge is 2.35. The van der Waals surface area contributed by atoms with Gasteiger partial charge in [0, 0.05) is 27.7 Å². The van der Waals surface area contributed by atoms with Crippen molar-refractivity contribution in [3.8, 4) is 0 Å². The minimum atomic E-state index is -1.22. The SMILES string of the molecule is O=C([O-])Cn1cc(/C=C2/NC(=O)N(c3ccc(Cl)cc3)C2=O)c2ccccc21. The number of carbonyl (C=O) groups is 3. The van der Waals surface area contributed by atoms with Crippen LogP contribution in [0.3, 0.4) is 0 Å². The lowest BCUT2D eigenvalue weighted by Crippen LogP contribution is -2.30. The highest BCUT2D eigenvalue weighted by molar-refractivity contribution is 6.31. The van der Waals surface area contributed by atoms with Gasteiger partial charge in [-0.1, -0.05) is 29.8 Å². The third kappa shape index (κ3) is 3.12. The van der Waals surface area contributed by atoms with Gasteiger partial charge in [-0.15, -0.1) is 0 Å². The molecule has 0 radical (unpaired) electrons. The summed E-state index contributed by atoms with van der Waals surface area (Å²) < 4.78 is 1.52. The van der Waals surface area contributed by atoms with Crippen molar-refractivity contribution in [2.45, 2.75) is 6.54 Å². The average Bonchev–Trinajstić information content (AvgIpc) is 3.13. The smallest absolute Gasteiger partial charge is 0.333 e. The predicted octanol–water partition coefficient (Wildman–Crippen LogP) is 2.14. The largest absolute Gasteiger partial charge is 0.548 e. The number of carboxylic acids is 1. The molecule has 3 aromatic rings. The standard InChI is InChI=1S/C20H14ClN3O4/c21-13-5-7-14(8-6-13)24-19(27)16(22-20(24)28)9-12-10-23(11-18(25)26)17-4-2-1-3-15(12)17/h1-10H,11H2,(H,22,28)(H,25,26)/p-1/b16-9+. The van der Waals surface area contributed by atoms with Gasteiger partial charge in [-0.05, 0) is 36.4 Å². The first-order valence-corrected chi connectivity index (χ1v) is 8.72. The van der Waals surface area contributed by atoms with Crippen molar-refractivity contribution < 1.29 is 19.5 Å². The van der Waals surface area contributed by atoms with E-state index >= 15 is 0 Å². The molecule has 0 atom stereocenters. The number of carbonyl (C=O) groups excluding carboxylic acids is 3. The van der Waals surface area contributed by atoms with Crippen molar-refractivity contribution in [2.24, 2.45) is 0 Å². The van der Waals surface area contributed by atoms with E-state index in [1.807, 2.05) is 12.1 Å². The number of benzene rings is 2. The molecule has 2 aromatic carbocycles. The van der Waals surface area contributed by atoms with Gasteiger partial charge in [0.2, 0.25) is 0 Å². The number of fused-ring (bicyclic) bond motifs is 1. The topological polar surface area (TPSA) is 94.5 Å². The van der Waals surface area contributed by atoms with Gasteiger partial charge in [0.1, 0.15) is 5.70 Å². The number of halogens is 1. The molecule has 140 valence electrons. The van der Waals surface area contributed by atoms with E-state index in [-0.39, 0.29) is 12.2 Å². The number of carboxylic acid groups (broad SMARTS) is 1. The zero-order valence-electron chi connectivity index (χ0n) is 14.4. The Morgan fingerprint density at radius 2 is 1.82 bits per heavy atom. The number of imide groups is 1. The second kappa shape index (κ2) is 6.86. The van der Waals surface area contributed by atoms with E-state index in [1.165, 1.54) is 10.6 Å². The monoisotopic (exact) mass is 394 g/mol. The average molecular weight is 395 g/mol. The normalized spacial score (nSPS) is 15.5. The zero-order chi connectivity index (χ0) is 19.8. The van der Waals surface area contributed by atoms with Crippen LogP contribution < -0.4 is 15.3 Å². The lowest BCUT2D eigenvalue weighted by atomic mass is 10.1. The molecule has 0 saturated carbocycles. The summed E-state index contributed by atoms with van der Waals surface area (Å²) in [6.07, 6.45) is 3.14. The Morgan fingerprint density at radius 3 is 2.54 bits per heavy atom. The van der Waals surface area contributed by atoms with Crippen molar-refractivity contribution >= 4 is 52.2 Å². The molecular weight excluding hydrogens is 382 g/mol. The lowest BCUT2D eigenvalue weighted by molar-refractivity contribution is -0.306. The summed E-state index contributed by atoms with van der Waals surface area (Å²) in [4.78, 5) is 37.1. The van der Waals surface area contributed by atoms with E-state index < -0.39 is 17.9 Å². The number of para-hydroxylation sites is 1. The lowest BCUT2D eigenvalue weighted by Gasteiger charge is -2.11. The third-order valence-electron chi connectivity index (χ3n) is 4.38. The summed E-state index contributed by atoms with van der Waals surface area (Å²) in [5.41, 5.74) is 1.79. The molecule has 0 aliphatic carbocycles. The molecule has 0 unspecified atom stereocenters. The van der Waals surface area contributed by atoms with Gasteiger partial charge in [-0.2, -0.15) is 0 Å². The molecule has 1 aromatic heterocycles. The predicted molar refractivity (Wildman–Crippen MR) is 102 cm³/mol. The Bertz CT molecular complexity index is 1150. The minimum Gasteiger partial charge on any atom is -0.548 e. The van der Waals surface area contributed by atoms with Crippen LogP contribution in [0.25, 0.3) is 17.0 Å². The summed E-state index contributed by atoms with van der Waals surface area (Å²) >= 11 is 5.86. The number of amides is 3. The van der Waals surface area contributed by atoms with E-state index in [1.54, 1.807) is 42.6 Å². The number of rotatable bonds is 4. The number of nitrogens with zero attached hydrogens (tertiary/aromatic N) is 2. The maximum atomic E-state index is 12.8. The maximum Gasteiger partial charge on any atom is 0.333 e. The van der Waals surface area contributed by atoms with E-state index in [9.17, 15) is 19.5 Å². The molecule has 8 heteroatoms. The highest BCUT2D eigenvalue weighted by atomic mass is 35.5. The molecule has 2 heterocycles. The number of anilines is 1. The fourth-order valence-electron chi connectivity index (χ4n) is 3.18. The highest BCUT2D eigenvalue weighted by Crippen LogP contribution is 2.27. The van der Waals surface area contributed by atoms with Crippen molar-refractivity contribution in [2.75, 3.05) is 4.90 Å². The fraction of sp³-hybridized carbons (Fsp3) is 0.0500. The molecule has 28 heavy (non-hydrogen) atoms. The van der Waals surface area contributed by atoms with E-state index in [4.69, 9.17) is 11.6 Å². The second-order valence-corrected chi connectivity index (χ2v) is 6.64. The molecule has 3 amide bonds. The maximum absolute atomic E-state index is 12.8. The molecule has 1 fully saturated rings. The van der Waals surface area contributed by atoms with Crippen LogP contribution >= 0.6 is 11.6 Å². The summed E-state index contributed by atoms with van der Waals surface area (Å²) in [6.45, 7) is -0.319. The summed E-state index contributed by atoms with van der Waals surface area (Å²) in [5, 5.41) is 14.8. The molecular formula is C20H13ClN3O4-. The van der Waals surface area contributed by atoms with Crippen molar-refractivity contribution in [1.29, 1.82) is 0 Å². The molecule has 1 saturated heterocycles. The Kier molecular flexibility index (Phi) is 4.37. The first-order chi connectivity index (χ1) is 13.4. The Labute approximate surface area is 164 Å². The molecule has 0 spiro atoms. The number of hydrogen-bond acceptors (Lipinski definition) is 4. The third-order valence-corrected chi connectivity index (χ3v) is 4.63. The Morgan fingerprint density at radius 1 is 1.11 bits per heavy atom. The molecule has 0 bridgehead atoms. The molecule has 4 rings (SSSR count). The first kappa shape index (κ1) is 17.8. The van der Waals surface area contributed by atoms with E-state index in [0.29, 0.717) is 21.8 Å². The van der Waals surface area contributed by atoms with Gasteiger partial charge in [0.05, 0.1) is 18.2 Å². The molecule has 1 aliphatic rings. The number of nitrogens with one attached hydrogen (secondary N) is 1. The number of hydrogen-bond donors (Lipinski definition) is 1. The van der Waals surface area contributed by atoms with E-state index in [0.717, 1.165) is 10.3 Å². The second-order valence-electron chi connectivity index (χ2n) is 6.21. The zero-order valence-corrected chi connectivity index (χ0v) is 15.1. The van der Waals surface area contributed by atoms with E-state index in [2.05, 4.69) is 5.32 Å². The van der Waals surface area contributed by atoms with Gasteiger partial charge in [0.25, 0.3) is 5.91 Å².